The summed E-state index contributed by atoms with van der Waals surface area (Å²) >= 11 is 0. The van der Waals surface area contributed by atoms with Crippen molar-refractivity contribution in [2.75, 3.05) is 7.11 Å². The van der Waals surface area contributed by atoms with Crippen molar-refractivity contribution in [3.63, 3.8) is 0 Å². The van der Waals surface area contributed by atoms with E-state index in [-0.39, 0.29) is 0 Å². The number of rotatable bonds is 7. The van der Waals surface area contributed by atoms with Crippen LogP contribution in [0.2, 0.25) is 0 Å². The summed E-state index contributed by atoms with van der Waals surface area (Å²) < 4.78 is 7.60. The third kappa shape index (κ3) is 3.06. The molecule has 0 N–H and O–H groups in total. The van der Waals surface area contributed by atoms with Gasteiger partial charge >= 0.3 is 0 Å². The maximum atomic E-state index is 5.25. The lowest BCUT2D eigenvalue weighted by molar-refractivity contribution is 0.415. The molecule has 0 saturated heterocycles. The van der Waals surface area contributed by atoms with Gasteiger partial charge in [0.15, 0.2) is 0 Å². The zero-order chi connectivity index (χ0) is 12.8. The van der Waals surface area contributed by atoms with Crippen LogP contribution < -0.4 is 4.74 Å². The van der Waals surface area contributed by atoms with Crippen molar-refractivity contribution in [1.82, 2.24) is 4.57 Å². The molecule has 0 atom stereocenters. The number of hydrogen-bond acceptors (Lipinski definition) is 1. The molecule has 1 aromatic carbocycles. The first kappa shape index (κ1) is 13.0. The minimum absolute atomic E-state index is 0.934. The summed E-state index contributed by atoms with van der Waals surface area (Å²) in [6.45, 7) is 3.38. The van der Waals surface area contributed by atoms with Crippen LogP contribution in [0.1, 0.15) is 39.0 Å². The third-order valence-electron chi connectivity index (χ3n) is 3.48. The monoisotopic (exact) mass is 245 g/mol. The molecule has 0 radical (unpaired) electrons. The normalized spacial score (nSPS) is 11.0. The first-order valence-corrected chi connectivity index (χ1v) is 6.98. The van der Waals surface area contributed by atoms with Gasteiger partial charge < -0.3 is 9.30 Å². The van der Waals surface area contributed by atoms with E-state index in [1.165, 1.54) is 43.0 Å². The van der Waals surface area contributed by atoms with Gasteiger partial charge in [0, 0.05) is 23.6 Å². The maximum Gasteiger partial charge on any atom is 0.119 e. The van der Waals surface area contributed by atoms with Crippen LogP contribution in [0.25, 0.3) is 10.9 Å². The Kier molecular flexibility index (Phi) is 4.68. The van der Waals surface area contributed by atoms with Crippen LogP contribution in [0.15, 0.2) is 30.5 Å². The number of fused-ring (bicyclic) bond motifs is 1. The third-order valence-corrected chi connectivity index (χ3v) is 3.48. The number of hydrogen-bond donors (Lipinski definition) is 0. The molecule has 0 bridgehead atoms. The molecule has 2 nitrogen and oxygen atoms in total. The molecule has 0 spiro atoms. The van der Waals surface area contributed by atoms with Gasteiger partial charge in [0.2, 0.25) is 0 Å². The highest BCUT2D eigenvalue weighted by molar-refractivity contribution is 5.81. The molecule has 0 saturated carbocycles. The zero-order valence-corrected chi connectivity index (χ0v) is 11.5. The smallest absolute Gasteiger partial charge is 0.119 e. The summed E-state index contributed by atoms with van der Waals surface area (Å²) in [5.41, 5.74) is 1.31. The van der Waals surface area contributed by atoms with Gasteiger partial charge in [-0.1, -0.05) is 32.6 Å². The first-order chi connectivity index (χ1) is 8.85. The second-order valence-electron chi connectivity index (χ2n) is 4.85. The van der Waals surface area contributed by atoms with Crippen LogP contribution in [0.3, 0.4) is 0 Å². The molecular weight excluding hydrogens is 222 g/mol. The number of ether oxygens (including phenoxy) is 1. The molecule has 1 aromatic heterocycles. The molecule has 2 heteroatoms. The number of aromatic nitrogens is 1. The lowest BCUT2D eigenvalue weighted by Gasteiger charge is -2.06. The fourth-order valence-corrected chi connectivity index (χ4v) is 2.39. The predicted octanol–water partition coefficient (Wildman–Crippen LogP) is 4.62. The molecule has 2 aromatic rings. The average Bonchev–Trinajstić information content (AvgIpc) is 2.81. The van der Waals surface area contributed by atoms with Crippen LogP contribution in [-0.2, 0) is 6.54 Å². The molecule has 0 fully saturated rings. The summed E-state index contributed by atoms with van der Waals surface area (Å²) in [4.78, 5) is 0. The van der Waals surface area contributed by atoms with E-state index < -0.39 is 0 Å². The van der Waals surface area contributed by atoms with E-state index in [0.717, 1.165) is 12.3 Å². The highest BCUT2D eigenvalue weighted by Gasteiger charge is 2.02. The van der Waals surface area contributed by atoms with Crippen molar-refractivity contribution < 1.29 is 4.74 Å². The summed E-state index contributed by atoms with van der Waals surface area (Å²) in [5, 5.41) is 1.27. The topological polar surface area (TPSA) is 14.2 Å². The number of methoxy groups -OCH3 is 1. The van der Waals surface area contributed by atoms with E-state index in [2.05, 4.69) is 35.9 Å². The van der Waals surface area contributed by atoms with Crippen molar-refractivity contribution in [3.05, 3.63) is 30.5 Å². The second-order valence-corrected chi connectivity index (χ2v) is 4.85. The minimum Gasteiger partial charge on any atom is -0.497 e. The standard InChI is InChI=1S/C16H23NO/c1-3-4-5-6-7-11-17-12-10-14-13-15(18-2)8-9-16(14)17/h8-10,12-13H,3-7,11H2,1-2H3. The SMILES string of the molecule is CCCCCCCn1ccc2cc(OC)ccc21. The van der Waals surface area contributed by atoms with Gasteiger partial charge in [0.25, 0.3) is 0 Å². The van der Waals surface area contributed by atoms with Gasteiger partial charge in [0.05, 0.1) is 7.11 Å². The summed E-state index contributed by atoms with van der Waals surface area (Å²) in [7, 11) is 1.71. The highest BCUT2D eigenvalue weighted by atomic mass is 16.5. The van der Waals surface area contributed by atoms with Crippen molar-refractivity contribution in [2.45, 2.75) is 45.6 Å². The number of nitrogens with zero attached hydrogens (tertiary/aromatic N) is 1. The maximum absolute atomic E-state index is 5.25. The van der Waals surface area contributed by atoms with Gasteiger partial charge in [-0.3, -0.25) is 0 Å². The van der Waals surface area contributed by atoms with Crippen LogP contribution in [0.4, 0.5) is 0 Å². The predicted molar refractivity (Wildman–Crippen MR) is 77.2 cm³/mol. The Labute approximate surface area is 110 Å². The summed E-state index contributed by atoms with van der Waals surface area (Å²) in [6.07, 6.45) is 8.84. The molecule has 18 heavy (non-hydrogen) atoms. The molecule has 2 rings (SSSR count). The van der Waals surface area contributed by atoms with Gasteiger partial charge in [0.1, 0.15) is 5.75 Å². The zero-order valence-electron chi connectivity index (χ0n) is 11.5. The van der Waals surface area contributed by atoms with Gasteiger partial charge in [-0.15, -0.1) is 0 Å². The lowest BCUT2D eigenvalue weighted by atomic mass is 10.1. The van der Waals surface area contributed by atoms with E-state index in [9.17, 15) is 0 Å². The van der Waals surface area contributed by atoms with E-state index in [1.807, 2.05) is 6.07 Å². The van der Waals surface area contributed by atoms with Crippen molar-refractivity contribution >= 4 is 10.9 Å². The summed E-state index contributed by atoms with van der Waals surface area (Å²) in [6, 6.07) is 8.46. The van der Waals surface area contributed by atoms with Crippen LogP contribution >= 0.6 is 0 Å². The van der Waals surface area contributed by atoms with Crippen LogP contribution in [0, 0.1) is 0 Å². The molecular formula is C16H23NO. The fraction of sp³-hybridized carbons (Fsp3) is 0.500. The fourth-order valence-electron chi connectivity index (χ4n) is 2.39. The van der Waals surface area contributed by atoms with Gasteiger partial charge in [-0.2, -0.15) is 0 Å². The molecule has 1 heterocycles. The van der Waals surface area contributed by atoms with E-state index in [1.54, 1.807) is 7.11 Å². The Morgan fingerprint density at radius 1 is 1.06 bits per heavy atom. The van der Waals surface area contributed by atoms with Gasteiger partial charge in [-0.25, -0.2) is 0 Å². The van der Waals surface area contributed by atoms with Crippen LogP contribution in [-0.4, -0.2) is 11.7 Å². The molecule has 98 valence electrons. The molecule has 0 aliphatic rings. The lowest BCUT2D eigenvalue weighted by Crippen LogP contribution is -1.96. The first-order valence-electron chi connectivity index (χ1n) is 6.98. The quantitative estimate of drug-likeness (QED) is 0.649. The van der Waals surface area contributed by atoms with E-state index in [4.69, 9.17) is 4.74 Å². The Bertz CT molecular complexity index is 487. The Morgan fingerprint density at radius 2 is 1.89 bits per heavy atom. The van der Waals surface area contributed by atoms with E-state index >= 15 is 0 Å². The average molecular weight is 245 g/mol. The van der Waals surface area contributed by atoms with E-state index in [0.29, 0.717) is 0 Å². The largest absolute Gasteiger partial charge is 0.497 e. The Morgan fingerprint density at radius 3 is 2.67 bits per heavy atom. The highest BCUT2D eigenvalue weighted by Crippen LogP contribution is 2.22. The number of benzene rings is 1. The second kappa shape index (κ2) is 6.48. The number of unbranched alkanes of at least 4 members (excludes halogenated alkanes) is 4. The minimum atomic E-state index is 0.934. The molecule has 0 amide bonds. The number of aryl methyl sites for hydroxylation is 1. The summed E-state index contributed by atoms with van der Waals surface area (Å²) in [5.74, 6) is 0.934. The Balaban J connectivity index is 1.97. The molecule has 0 aliphatic heterocycles. The van der Waals surface area contributed by atoms with Gasteiger partial charge in [-0.05, 0) is 30.7 Å². The van der Waals surface area contributed by atoms with Crippen molar-refractivity contribution in [1.29, 1.82) is 0 Å². The van der Waals surface area contributed by atoms with Crippen molar-refractivity contribution in [2.24, 2.45) is 0 Å². The Hall–Kier alpha value is -1.44. The van der Waals surface area contributed by atoms with Crippen molar-refractivity contribution in [3.8, 4) is 5.75 Å². The molecule has 0 unspecified atom stereocenters. The molecule has 0 aliphatic carbocycles. The van der Waals surface area contributed by atoms with Crippen LogP contribution in [0.5, 0.6) is 5.75 Å².